The van der Waals surface area contributed by atoms with Crippen LogP contribution in [-0.2, 0) is 22.9 Å². The molecule has 0 aliphatic heterocycles. The van der Waals surface area contributed by atoms with Gasteiger partial charge in [-0.1, -0.05) is 84.4 Å². The molecule has 48 heavy (non-hydrogen) atoms. The summed E-state index contributed by atoms with van der Waals surface area (Å²) in [6.45, 7) is 0.448. The van der Waals surface area contributed by atoms with Gasteiger partial charge in [-0.15, -0.1) is 0 Å². The zero-order chi connectivity index (χ0) is 33.7. The van der Waals surface area contributed by atoms with Crippen LogP contribution >= 0.6 is 27.5 Å². The third-order valence-electron chi connectivity index (χ3n) is 8.17. The highest BCUT2D eigenvalue weighted by molar-refractivity contribution is 9.10. The molecule has 6 aromatic rings. The van der Waals surface area contributed by atoms with Gasteiger partial charge in [0, 0.05) is 45.5 Å². The predicted octanol–water partition coefficient (Wildman–Crippen LogP) is 8.54. The van der Waals surface area contributed by atoms with Crippen LogP contribution < -0.4 is 9.46 Å². The fraction of sp³-hybridized carbons (Fsp3) is 0.132. The zero-order valence-corrected chi connectivity index (χ0v) is 28.9. The van der Waals surface area contributed by atoms with Crippen LogP contribution in [0.5, 0.6) is 5.75 Å². The Bertz CT molecular complexity index is 2120. The Hall–Kier alpha value is -4.41. The van der Waals surface area contributed by atoms with Crippen LogP contribution in [-0.4, -0.2) is 37.2 Å². The summed E-state index contributed by atoms with van der Waals surface area (Å²) in [4.78, 5) is 11.5. The summed E-state index contributed by atoms with van der Waals surface area (Å²) in [7, 11) is -3.80. The van der Waals surface area contributed by atoms with Gasteiger partial charge in [0.15, 0.2) is 0 Å². The second-order valence-corrected chi connectivity index (χ2v) is 14.2. The lowest BCUT2D eigenvalue weighted by molar-refractivity contribution is 0.0697. The van der Waals surface area contributed by atoms with Gasteiger partial charge < -0.3 is 14.4 Å². The number of benzene rings is 5. The molecule has 0 saturated carbocycles. The molecule has 0 amide bonds. The summed E-state index contributed by atoms with van der Waals surface area (Å²) in [6.07, 6.45) is 0.877. The molecule has 244 valence electrons. The van der Waals surface area contributed by atoms with E-state index in [1.54, 1.807) is 36.4 Å². The number of rotatable bonds is 13. The van der Waals surface area contributed by atoms with Crippen molar-refractivity contribution in [3.8, 4) is 5.75 Å². The predicted molar refractivity (Wildman–Crippen MR) is 193 cm³/mol. The van der Waals surface area contributed by atoms with E-state index in [2.05, 4.69) is 49.5 Å². The third kappa shape index (κ3) is 7.34. The van der Waals surface area contributed by atoms with E-state index in [0.29, 0.717) is 34.7 Å². The number of fused-ring (bicyclic) bond motifs is 1. The molecule has 0 atom stereocenters. The van der Waals surface area contributed by atoms with Crippen LogP contribution in [0.25, 0.3) is 10.9 Å². The van der Waals surface area contributed by atoms with E-state index >= 15 is 0 Å². The second-order valence-electron chi connectivity index (χ2n) is 11.2. The van der Waals surface area contributed by atoms with Crippen molar-refractivity contribution in [3.05, 3.63) is 165 Å². The van der Waals surface area contributed by atoms with Crippen LogP contribution in [0, 0.1) is 0 Å². The van der Waals surface area contributed by atoms with Crippen molar-refractivity contribution < 1.29 is 23.1 Å². The van der Waals surface area contributed by atoms with Gasteiger partial charge in [0.2, 0.25) is 10.0 Å². The molecule has 0 bridgehead atoms. The molecule has 0 unspecified atom stereocenters. The Labute approximate surface area is 293 Å². The second kappa shape index (κ2) is 14.8. The van der Waals surface area contributed by atoms with E-state index in [1.165, 1.54) is 12.1 Å². The number of aromatic carboxylic acids is 1. The SMILES string of the molecule is O=C(O)c1ccc(OCCc2c(CCNS(=O)(=O)c3ccccc3Br)n(C(c3ccccc3)c3ccccc3)c3ccc(Cl)cc23)cc1. The van der Waals surface area contributed by atoms with Crippen molar-refractivity contribution in [1.29, 1.82) is 0 Å². The minimum Gasteiger partial charge on any atom is -0.493 e. The smallest absolute Gasteiger partial charge is 0.335 e. The minimum absolute atomic E-state index is 0.147. The number of carboxylic acids is 1. The first-order valence-corrected chi connectivity index (χ1v) is 18.0. The molecule has 7 nitrogen and oxygen atoms in total. The first-order valence-electron chi connectivity index (χ1n) is 15.3. The third-order valence-corrected chi connectivity index (χ3v) is 10.9. The van der Waals surface area contributed by atoms with E-state index in [-0.39, 0.29) is 23.0 Å². The molecular weight excluding hydrogens is 712 g/mol. The van der Waals surface area contributed by atoms with Crippen molar-refractivity contribution in [2.24, 2.45) is 0 Å². The summed E-state index contributed by atoms with van der Waals surface area (Å²) >= 11 is 9.97. The molecule has 0 aliphatic carbocycles. The number of hydrogen-bond acceptors (Lipinski definition) is 4. The molecule has 2 N–H and O–H groups in total. The van der Waals surface area contributed by atoms with Crippen LogP contribution in [0.3, 0.4) is 0 Å². The number of sulfonamides is 1. The van der Waals surface area contributed by atoms with Crippen molar-refractivity contribution in [3.63, 3.8) is 0 Å². The molecule has 10 heteroatoms. The van der Waals surface area contributed by atoms with Crippen LogP contribution in [0.1, 0.15) is 38.8 Å². The van der Waals surface area contributed by atoms with E-state index in [1.807, 2.05) is 54.6 Å². The van der Waals surface area contributed by atoms with Crippen LogP contribution in [0.2, 0.25) is 5.02 Å². The molecule has 0 fully saturated rings. The number of nitrogens with one attached hydrogen (secondary N) is 1. The largest absolute Gasteiger partial charge is 0.493 e. The van der Waals surface area contributed by atoms with Crippen LogP contribution in [0.15, 0.2) is 137 Å². The van der Waals surface area contributed by atoms with Crippen LogP contribution in [0.4, 0.5) is 0 Å². The van der Waals surface area contributed by atoms with E-state index < -0.39 is 16.0 Å². The Kier molecular flexibility index (Phi) is 10.3. The number of carboxylic acid groups (broad SMARTS) is 1. The highest BCUT2D eigenvalue weighted by Gasteiger charge is 2.26. The number of nitrogens with zero attached hydrogens (tertiary/aromatic N) is 1. The molecule has 0 aliphatic rings. The van der Waals surface area contributed by atoms with E-state index in [9.17, 15) is 18.3 Å². The topological polar surface area (TPSA) is 97.6 Å². The molecular formula is C38H32BrClN2O5S. The van der Waals surface area contributed by atoms with E-state index in [0.717, 1.165) is 33.3 Å². The van der Waals surface area contributed by atoms with Crippen molar-refractivity contribution in [2.45, 2.75) is 23.8 Å². The molecule has 6 rings (SSSR count). The normalized spacial score (nSPS) is 11.6. The van der Waals surface area contributed by atoms with Crippen molar-refractivity contribution in [2.75, 3.05) is 13.2 Å². The summed E-state index contributed by atoms with van der Waals surface area (Å²) in [5.74, 6) is -0.450. The van der Waals surface area contributed by atoms with Crippen molar-refractivity contribution in [1.82, 2.24) is 9.29 Å². The Morgan fingerprint density at radius 1 is 0.833 bits per heavy atom. The lowest BCUT2D eigenvalue weighted by Gasteiger charge is -2.25. The maximum absolute atomic E-state index is 13.4. The number of hydrogen-bond donors (Lipinski definition) is 2. The Morgan fingerprint density at radius 3 is 2.08 bits per heavy atom. The molecule has 0 radical (unpaired) electrons. The highest BCUT2D eigenvalue weighted by Crippen LogP contribution is 2.38. The number of carbonyl (C=O) groups is 1. The first-order chi connectivity index (χ1) is 23.2. The number of aromatic nitrogens is 1. The van der Waals surface area contributed by atoms with Gasteiger partial charge in [0.05, 0.1) is 23.1 Å². The molecule has 1 aromatic heterocycles. The lowest BCUT2D eigenvalue weighted by atomic mass is 9.97. The summed E-state index contributed by atoms with van der Waals surface area (Å²) in [6, 6.07) is 39.1. The van der Waals surface area contributed by atoms with E-state index in [4.69, 9.17) is 16.3 Å². The molecule has 5 aromatic carbocycles. The fourth-order valence-corrected chi connectivity index (χ4v) is 8.23. The average molecular weight is 744 g/mol. The standard InChI is InChI=1S/C38H32BrClN2O5S/c39-33-13-7-8-14-36(33)48(45,46)41-23-21-35-31(22-24-47-30-18-15-28(16-19-30)38(43)44)32-25-29(40)17-20-34(32)42(35)37(26-9-3-1-4-10-26)27-11-5-2-6-12-27/h1-20,25,37,41H,21-24H2,(H,43,44). The summed E-state index contributed by atoms with van der Waals surface area (Å²) in [5, 5.41) is 10.8. The lowest BCUT2D eigenvalue weighted by Crippen LogP contribution is -2.27. The van der Waals surface area contributed by atoms with Gasteiger partial charge >= 0.3 is 5.97 Å². The maximum Gasteiger partial charge on any atom is 0.335 e. The quantitative estimate of drug-likeness (QED) is 0.124. The minimum atomic E-state index is -3.80. The zero-order valence-electron chi connectivity index (χ0n) is 25.7. The maximum atomic E-state index is 13.4. The van der Waals surface area contributed by atoms with Gasteiger partial charge in [-0.3, -0.25) is 0 Å². The van der Waals surface area contributed by atoms with Crippen molar-refractivity contribution >= 4 is 54.4 Å². The average Bonchev–Trinajstić information content (AvgIpc) is 3.37. The first kappa shape index (κ1) is 33.5. The number of halogens is 2. The fourth-order valence-electron chi connectivity index (χ4n) is 6.02. The number of ether oxygens (including phenoxy) is 1. The van der Waals surface area contributed by atoms with Gasteiger partial charge in [0.1, 0.15) is 5.75 Å². The van der Waals surface area contributed by atoms with Gasteiger partial charge in [-0.25, -0.2) is 17.9 Å². The highest BCUT2D eigenvalue weighted by atomic mass is 79.9. The van der Waals surface area contributed by atoms with Gasteiger partial charge in [-0.2, -0.15) is 0 Å². The van der Waals surface area contributed by atoms with Gasteiger partial charge in [-0.05, 0) is 87.2 Å². The molecule has 0 spiro atoms. The summed E-state index contributed by atoms with van der Waals surface area (Å²) < 4.78 is 38.4. The monoisotopic (exact) mass is 742 g/mol. The Balaban J connectivity index is 1.44. The van der Waals surface area contributed by atoms with Gasteiger partial charge in [0.25, 0.3) is 0 Å². The summed E-state index contributed by atoms with van der Waals surface area (Å²) in [5.41, 5.74) is 5.23. The molecule has 1 heterocycles. The Morgan fingerprint density at radius 2 is 1.46 bits per heavy atom. The molecule has 0 saturated heterocycles.